The molecule has 0 unspecified atom stereocenters. The van der Waals surface area contributed by atoms with E-state index in [4.69, 9.17) is 0 Å². The largest absolute Gasteiger partial charge is 0.494 e. The Labute approximate surface area is 135 Å². The van der Waals surface area contributed by atoms with Gasteiger partial charge in [-0.3, -0.25) is 14.4 Å². The summed E-state index contributed by atoms with van der Waals surface area (Å²) in [4.78, 5) is 16.6. The second-order valence-corrected chi connectivity index (χ2v) is 5.45. The molecule has 118 valence electrons. The van der Waals surface area contributed by atoms with Crippen LogP contribution in [0, 0.1) is 32.1 Å². The summed E-state index contributed by atoms with van der Waals surface area (Å²) in [6.45, 7) is 7.59. The maximum atomic E-state index is 12.1. The first-order chi connectivity index (χ1) is 10.9. The molecule has 2 aromatic rings. The van der Waals surface area contributed by atoms with E-state index in [9.17, 15) is 15.2 Å². The van der Waals surface area contributed by atoms with Crippen molar-refractivity contribution in [2.24, 2.45) is 4.99 Å². The molecule has 5 heteroatoms. The van der Waals surface area contributed by atoms with Gasteiger partial charge in [0.25, 0.3) is 5.56 Å². The molecule has 0 aliphatic rings. The third kappa shape index (κ3) is 3.02. The average molecular weight is 309 g/mol. The molecule has 1 aromatic carbocycles. The van der Waals surface area contributed by atoms with Gasteiger partial charge in [0.2, 0.25) is 5.88 Å². The summed E-state index contributed by atoms with van der Waals surface area (Å²) in [5, 5.41) is 19.5. The maximum absolute atomic E-state index is 12.1. The maximum Gasteiger partial charge on any atom is 0.271 e. The van der Waals surface area contributed by atoms with Crippen LogP contribution in [0.3, 0.4) is 0 Å². The molecule has 0 aliphatic carbocycles. The number of aryl methyl sites for hydroxylation is 2. The van der Waals surface area contributed by atoms with Crippen molar-refractivity contribution < 1.29 is 5.11 Å². The van der Waals surface area contributed by atoms with E-state index in [0.29, 0.717) is 11.1 Å². The average Bonchev–Trinajstić information content (AvgIpc) is 2.51. The second-order valence-electron chi connectivity index (χ2n) is 5.45. The van der Waals surface area contributed by atoms with Crippen molar-refractivity contribution in [3.63, 3.8) is 0 Å². The number of benzene rings is 1. The number of aromatic nitrogens is 1. The van der Waals surface area contributed by atoms with Gasteiger partial charge < -0.3 is 5.11 Å². The van der Waals surface area contributed by atoms with Crippen LogP contribution in [-0.4, -0.2) is 15.9 Å². The van der Waals surface area contributed by atoms with Crippen LogP contribution in [0.1, 0.15) is 34.7 Å². The predicted octanol–water partition coefficient (Wildman–Crippen LogP) is 3.12. The van der Waals surface area contributed by atoms with Gasteiger partial charge >= 0.3 is 0 Å². The first-order valence-corrected chi connectivity index (χ1v) is 7.38. The lowest BCUT2D eigenvalue weighted by Gasteiger charge is -2.12. The Kier molecular flexibility index (Phi) is 4.65. The Bertz CT molecular complexity index is 887. The minimum absolute atomic E-state index is 0.0343. The summed E-state index contributed by atoms with van der Waals surface area (Å²) in [7, 11) is 0. The van der Waals surface area contributed by atoms with Gasteiger partial charge in [0.15, 0.2) is 0 Å². The smallest absolute Gasteiger partial charge is 0.271 e. The lowest BCUT2D eigenvalue weighted by Crippen LogP contribution is -2.24. The van der Waals surface area contributed by atoms with Gasteiger partial charge in [-0.05, 0) is 50.5 Å². The molecule has 0 saturated carbocycles. The summed E-state index contributed by atoms with van der Waals surface area (Å²) in [5.74, 6) is -0.164. The molecule has 0 bridgehead atoms. The molecule has 0 amide bonds. The van der Waals surface area contributed by atoms with Gasteiger partial charge in [0.05, 0.1) is 11.3 Å². The SMILES string of the molecule is CCn1c(O)c(C=Nc2cc(C)ccc2C)c(C)c(C#N)c1=O. The van der Waals surface area contributed by atoms with Gasteiger partial charge in [-0.25, -0.2) is 0 Å². The van der Waals surface area contributed by atoms with Crippen LogP contribution in [0.4, 0.5) is 5.69 Å². The fourth-order valence-corrected chi connectivity index (χ4v) is 2.41. The Morgan fingerprint density at radius 1 is 1.35 bits per heavy atom. The van der Waals surface area contributed by atoms with Gasteiger partial charge in [0, 0.05) is 12.8 Å². The lowest BCUT2D eigenvalue weighted by atomic mass is 10.1. The summed E-state index contributed by atoms with van der Waals surface area (Å²) in [6, 6.07) is 7.84. The zero-order valence-corrected chi connectivity index (χ0v) is 13.7. The molecule has 2 rings (SSSR count). The van der Waals surface area contributed by atoms with Crippen molar-refractivity contribution in [3.05, 3.63) is 56.4 Å². The fourth-order valence-electron chi connectivity index (χ4n) is 2.41. The summed E-state index contributed by atoms with van der Waals surface area (Å²) < 4.78 is 1.18. The number of aliphatic imine (C=N–C) groups is 1. The van der Waals surface area contributed by atoms with Crippen LogP contribution in [0.15, 0.2) is 28.0 Å². The van der Waals surface area contributed by atoms with E-state index in [0.717, 1.165) is 16.8 Å². The first-order valence-electron chi connectivity index (χ1n) is 7.38. The molecule has 23 heavy (non-hydrogen) atoms. The number of nitrogens with zero attached hydrogens (tertiary/aromatic N) is 3. The highest BCUT2D eigenvalue weighted by Gasteiger charge is 2.16. The minimum atomic E-state index is -0.478. The van der Waals surface area contributed by atoms with Crippen molar-refractivity contribution in [2.75, 3.05) is 0 Å². The molecule has 0 spiro atoms. The van der Waals surface area contributed by atoms with Crippen LogP contribution in [0.2, 0.25) is 0 Å². The van der Waals surface area contributed by atoms with Crippen LogP contribution in [0.25, 0.3) is 0 Å². The topological polar surface area (TPSA) is 78.4 Å². The van der Waals surface area contributed by atoms with Gasteiger partial charge in [-0.1, -0.05) is 12.1 Å². The Morgan fingerprint density at radius 2 is 2.04 bits per heavy atom. The van der Waals surface area contributed by atoms with Crippen molar-refractivity contribution in [3.8, 4) is 11.9 Å². The fraction of sp³-hybridized carbons (Fsp3) is 0.278. The zero-order valence-electron chi connectivity index (χ0n) is 13.7. The molecule has 0 radical (unpaired) electrons. The standard InChI is InChI=1S/C18H19N3O2/c1-5-21-17(22)14(9-19)13(4)15(18(21)23)10-20-16-8-11(2)6-7-12(16)3/h6-8,10,23H,5H2,1-4H3. The Balaban J connectivity index is 2.65. The van der Waals surface area contributed by atoms with Crippen LogP contribution >= 0.6 is 0 Å². The highest BCUT2D eigenvalue weighted by Crippen LogP contribution is 2.23. The highest BCUT2D eigenvalue weighted by molar-refractivity contribution is 5.87. The quantitative estimate of drug-likeness (QED) is 0.885. The zero-order chi connectivity index (χ0) is 17.1. The Morgan fingerprint density at radius 3 is 2.65 bits per heavy atom. The van der Waals surface area contributed by atoms with Gasteiger partial charge in [-0.2, -0.15) is 5.26 Å². The third-order valence-electron chi connectivity index (χ3n) is 3.86. The van der Waals surface area contributed by atoms with E-state index in [1.165, 1.54) is 10.8 Å². The second kappa shape index (κ2) is 6.49. The number of aromatic hydroxyl groups is 1. The molecular formula is C18H19N3O2. The number of pyridine rings is 1. The molecule has 5 nitrogen and oxygen atoms in total. The van der Waals surface area contributed by atoms with Gasteiger partial charge in [-0.15, -0.1) is 0 Å². The van der Waals surface area contributed by atoms with Crippen molar-refractivity contribution in [1.82, 2.24) is 4.57 Å². The van der Waals surface area contributed by atoms with E-state index < -0.39 is 5.56 Å². The molecule has 1 N–H and O–H groups in total. The molecule has 0 aliphatic heterocycles. The first kappa shape index (κ1) is 16.5. The van der Waals surface area contributed by atoms with E-state index in [-0.39, 0.29) is 18.0 Å². The van der Waals surface area contributed by atoms with Crippen LogP contribution in [0.5, 0.6) is 5.88 Å². The number of hydrogen-bond acceptors (Lipinski definition) is 4. The van der Waals surface area contributed by atoms with Crippen molar-refractivity contribution in [1.29, 1.82) is 5.26 Å². The molecule has 0 atom stereocenters. The van der Waals surface area contributed by atoms with E-state index in [1.54, 1.807) is 13.8 Å². The van der Waals surface area contributed by atoms with Crippen molar-refractivity contribution >= 4 is 11.9 Å². The number of nitriles is 1. The predicted molar refractivity (Wildman–Crippen MR) is 90.7 cm³/mol. The molecule has 1 aromatic heterocycles. The van der Waals surface area contributed by atoms with Crippen molar-refractivity contribution in [2.45, 2.75) is 34.2 Å². The number of rotatable bonds is 3. The van der Waals surface area contributed by atoms with Gasteiger partial charge in [0.1, 0.15) is 11.6 Å². The summed E-state index contributed by atoms with van der Waals surface area (Å²) >= 11 is 0. The lowest BCUT2D eigenvalue weighted by molar-refractivity contribution is 0.409. The molecule has 0 fully saturated rings. The monoisotopic (exact) mass is 309 g/mol. The van der Waals surface area contributed by atoms with E-state index >= 15 is 0 Å². The Hall–Kier alpha value is -2.87. The molecule has 1 heterocycles. The van der Waals surface area contributed by atoms with Crippen LogP contribution < -0.4 is 5.56 Å². The molecular weight excluding hydrogens is 290 g/mol. The van der Waals surface area contributed by atoms with Crippen LogP contribution in [-0.2, 0) is 6.54 Å². The minimum Gasteiger partial charge on any atom is -0.494 e. The highest BCUT2D eigenvalue weighted by atomic mass is 16.3. The summed E-state index contributed by atoms with van der Waals surface area (Å²) in [6.07, 6.45) is 1.51. The third-order valence-corrected chi connectivity index (χ3v) is 3.86. The van der Waals surface area contributed by atoms with E-state index in [2.05, 4.69) is 4.99 Å². The molecule has 0 saturated heterocycles. The summed E-state index contributed by atoms with van der Waals surface area (Å²) in [5.41, 5.74) is 3.27. The number of hydrogen-bond donors (Lipinski definition) is 1. The normalized spacial score (nSPS) is 10.9. The van der Waals surface area contributed by atoms with E-state index in [1.807, 2.05) is 38.1 Å².